The second kappa shape index (κ2) is 14.7. The van der Waals surface area contributed by atoms with E-state index in [1.165, 1.54) is 4.90 Å². The standard InChI is InChI=1S/C29H43N7O6S/c1-16(2)20(26(40)35-43-18-10-7-6-8-11-18)32-28(42)33-22(29(3,4)5)27(41)36-15-9-12-19(36)25(39)34-24(21(37)23(30)38)31-17-13-14-17/h6-8,10-11,16-17,19-20,22,24,31H,9,12-15H2,1-5H3,(H2,30,38)(H,34,39)(H,35,40)(H2,32,33,42). The van der Waals surface area contributed by atoms with E-state index in [0.717, 1.165) is 29.7 Å². The molecule has 1 aliphatic carbocycles. The molecular weight excluding hydrogens is 574 g/mol. The molecule has 0 radical (unpaired) electrons. The number of nitrogens with zero attached hydrogens (tertiary/aromatic N) is 1. The average molecular weight is 618 g/mol. The highest BCUT2D eigenvalue weighted by atomic mass is 32.2. The summed E-state index contributed by atoms with van der Waals surface area (Å²) >= 11 is 1.14. The maximum Gasteiger partial charge on any atom is 0.316 e. The molecule has 3 rings (SSSR count). The molecule has 236 valence electrons. The first-order valence-corrected chi connectivity index (χ1v) is 15.3. The van der Waals surface area contributed by atoms with Gasteiger partial charge in [0.25, 0.3) is 17.6 Å². The van der Waals surface area contributed by atoms with E-state index < -0.39 is 65.1 Å². The molecule has 1 aromatic carbocycles. The first kappa shape index (κ1) is 33.8. The second-order valence-corrected chi connectivity index (χ2v) is 13.2. The molecule has 1 aliphatic heterocycles. The zero-order chi connectivity index (χ0) is 31.9. The number of likely N-dealkylation sites (tertiary alicyclic amines) is 1. The number of rotatable bonds is 13. The minimum atomic E-state index is -1.28. The van der Waals surface area contributed by atoms with Crippen molar-refractivity contribution in [3.63, 3.8) is 0 Å². The van der Waals surface area contributed by atoms with E-state index in [2.05, 4.69) is 26.0 Å². The Morgan fingerprint density at radius 1 is 0.953 bits per heavy atom. The van der Waals surface area contributed by atoms with Gasteiger partial charge in [-0.1, -0.05) is 52.8 Å². The number of nitrogens with two attached hydrogens (primary N) is 1. The number of Topliss-reactive ketones (excluding diaryl/α,β-unsaturated/α-hetero) is 1. The largest absolute Gasteiger partial charge is 0.363 e. The molecule has 14 heteroatoms. The molecule has 2 aliphatic rings. The number of carbonyl (C=O) groups excluding carboxylic acids is 6. The van der Waals surface area contributed by atoms with Gasteiger partial charge in [-0.2, -0.15) is 0 Å². The van der Waals surface area contributed by atoms with Crippen LogP contribution in [0.5, 0.6) is 0 Å². The Morgan fingerprint density at radius 2 is 1.60 bits per heavy atom. The maximum atomic E-state index is 13.8. The van der Waals surface area contributed by atoms with Crippen molar-refractivity contribution in [1.29, 1.82) is 0 Å². The fraction of sp³-hybridized carbons (Fsp3) is 0.586. The number of benzene rings is 1. The fourth-order valence-corrected chi connectivity index (χ4v) is 5.32. The molecular formula is C29H43N7O6S. The molecule has 0 bridgehead atoms. The summed E-state index contributed by atoms with van der Waals surface area (Å²) in [5.74, 6) is -3.85. The summed E-state index contributed by atoms with van der Waals surface area (Å²) in [5.41, 5.74) is 4.41. The Balaban J connectivity index is 1.67. The van der Waals surface area contributed by atoms with E-state index in [1.54, 1.807) is 34.6 Å². The van der Waals surface area contributed by atoms with Crippen molar-refractivity contribution in [3.05, 3.63) is 30.3 Å². The van der Waals surface area contributed by atoms with Crippen molar-refractivity contribution in [3.8, 4) is 0 Å². The van der Waals surface area contributed by atoms with Gasteiger partial charge in [0.2, 0.25) is 11.8 Å². The third kappa shape index (κ3) is 9.68. The Kier molecular flexibility index (Phi) is 11.6. The van der Waals surface area contributed by atoms with Crippen LogP contribution in [0.3, 0.4) is 0 Å². The highest BCUT2D eigenvalue weighted by Gasteiger charge is 2.43. The third-order valence-corrected chi connectivity index (χ3v) is 8.06. The summed E-state index contributed by atoms with van der Waals surface area (Å²) in [6.45, 7) is 9.21. The Hall–Kier alpha value is -3.65. The van der Waals surface area contributed by atoms with Crippen LogP contribution in [0.2, 0.25) is 0 Å². The summed E-state index contributed by atoms with van der Waals surface area (Å²) in [4.78, 5) is 79.3. The van der Waals surface area contributed by atoms with Crippen LogP contribution in [0.15, 0.2) is 35.2 Å². The summed E-state index contributed by atoms with van der Waals surface area (Å²) < 4.78 is 2.76. The summed E-state index contributed by atoms with van der Waals surface area (Å²) in [7, 11) is 0. The zero-order valence-corrected chi connectivity index (χ0v) is 26.1. The lowest BCUT2D eigenvalue weighted by Crippen LogP contribution is -2.62. The lowest BCUT2D eigenvalue weighted by Gasteiger charge is -2.36. The van der Waals surface area contributed by atoms with Crippen LogP contribution in [-0.4, -0.2) is 77.2 Å². The molecule has 0 spiro atoms. The van der Waals surface area contributed by atoms with Crippen molar-refractivity contribution < 1.29 is 28.8 Å². The zero-order valence-electron chi connectivity index (χ0n) is 25.3. The van der Waals surface area contributed by atoms with Gasteiger partial charge in [-0.25, -0.2) is 4.79 Å². The number of amides is 6. The number of ketones is 1. The van der Waals surface area contributed by atoms with Gasteiger partial charge in [0.15, 0.2) is 0 Å². The van der Waals surface area contributed by atoms with Gasteiger partial charge in [0, 0.05) is 17.5 Å². The topological polar surface area (TPSA) is 192 Å². The highest BCUT2D eigenvalue weighted by molar-refractivity contribution is 7.98. The molecule has 1 aromatic rings. The highest BCUT2D eigenvalue weighted by Crippen LogP contribution is 2.26. The van der Waals surface area contributed by atoms with Crippen LogP contribution < -0.4 is 31.7 Å². The fourth-order valence-electron chi connectivity index (χ4n) is 4.68. The molecule has 7 N–H and O–H groups in total. The Bertz CT molecular complexity index is 1200. The van der Waals surface area contributed by atoms with Gasteiger partial charge >= 0.3 is 6.03 Å². The van der Waals surface area contributed by atoms with Crippen LogP contribution in [0, 0.1) is 11.3 Å². The van der Waals surface area contributed by atoms with Crippen LogP contribution in [0.4, 0.5) is 4.79 Å². The van der Waals surface area contributed by atoms with Crippen molar-refractivity contribution >= 4 is 47.4 Å². The van der Waals surface area contributed by atoms with Gasteiger partial charge in [0.1, 0.15) is 24.3 Å². The average Bonchev–Trinajstić information content (AvgIpc) is 3.62. The number of urea groups is 1. The summed E-state index contributed by atoms with van der Waals surface area (Å²) in [5, 5.41) is 10.9. The smallest absolute Gasteiger partial charge is 0.316 e. The monoisotopic (exact) mass is 617 g/mol. The normalized spacial score (nSPS) is 18.7. The number of primary amides is 1. The van der Waals surface area contributed by atoms with Crippen LogP contribution in [-0.2, 0) is 24.0 Å². The molecule has 13 nitrogen and oxygen atoms in total. The predicted octanol–water partition coefficient (Wildman–Crippen LogP) is 0.788. The van der Waals surface area contributed by atoms with E-state index in [1.807, 2.05) is 30.3 Å². The van der Waals surface area contributed by atoms with E-state index >= 15 is 0 Å². The molecule has 4 unspecified atom stereocenters. The minimum Gasteiger partial charge on any atom is -0.363 e. The van der Waals surface area contributed by atoms with E-state index in [-0.39, 0.29) is 18.5 Å². The van der Waals surface area contributed by atoms with Gasteiger partial charge in [-0.15, -0.1) is 0 Å². The van der Waals surface area contributed by atoms with Gasteiger partial charge < -0.3 is 26.6 Å². The van der Waals surface area contributed by atoms with Crippen LogP contribution >= 0.6 is 11.9 Å². The first-order chi connectivity index (χ1) is 20.2. The number of hydrogen-bond acceptors (Lipinski definition) is 8. The lowest BCUT2D eigenvalue weighted by atomic mass is 9.85. The number of carbonyl (C=O) groups is 6. The number of nitrogens with one attached hydrogen (secondary N) is 5. The molecule has 1 saturated heterocycles. The second-order valence-electron chi connectivity index (χ2n) is 12.3. The molecule has 0 aromatic heterocycles. The minimum absolute atomic E-state index is 0.00317. The van der Waals surface area contributed by atoms with Gasteiger partial charge in [-0.05, 0) is 61.1 Å². The molecule has 2 fully saturated rings. The van der Waals surface area contributed by atoms with Crippen molar-refractivity contribution in [2.45, 2.75) is 95.5 Å². The summed E-state index contributed by atoms with van der Waals surface area (Å²) in [6, 6.07) is 5.73. The Morgan fingerprint density at radius 3 is 2.16 bits per heavy atom. The molecule has 4 atom stereocenters. The Labute approximate surface area is 256 Å². The number of hydrogen-bond donors (Lipinski definition) is 6. The maximum absolute atomic E-state index is 13.8. The van der Waals surface area contributed by atoms with E-state index in [0.29, 0.717) is 12.8 Å². The predicted molar refractivity (Wildman–Crippen MR) is 161 cm³/mol. The van der Waals surface area contributed by atoms with Crippen LogP contribution in [0.25, 0.3) is 0 Å². The van der Waals surface area contributed by atoms with E-state index in [4.69, 9.17) is 5.73 Å². The van der Waals surface area contributed by atoms with Crippen LogP contribution in [0.1, 0.15) is 60.3 Å². The van der Waals surface area contributed by atoms with Crippen molar-refractivity contribution in [2.24, 2.45) is 17.1 Å². The quantitative estimate of drug-likeness (QED) is 0.106. The molecule has 43 heavy (non-hydrogen) atoms. The third-order valence-electron chi connectivity index (χ3n) is 7.25. The van der Waals surface area contributed by atoms with Crippen molar-refractivity contribution in [2.75, 3.05) is 6.54 Å². The molecule has 1 heterocycles. The lowest BCUT2D eigenvalue weighted by molar-refractivity contribution is -0.143. The van der Waals surface area contributed by atoms with E-state index in [9.17, 15) is 28.8 Å². The molecule has 6 amide bonds. The SMILES string of the molecule is CC(C)C(NC(=O)NC(C(=O)N1CCCC1C(=O)NC(NC1CC1)C(=O)C(N)=O)C(C)(C)C)C(=O)NSc1ccccc1. The van der Waals surface area contributed by atoms with Crippen molar-refractivity contribution in [1.82, 2.24) is 30.9 Å². The van der Waals surface area contributed by atoms with Gasteiger partial charge in [0.05, 0.1) is 0 Å². The summed E-state index contributed by atoms with van der Waals surface area (Å²) in [6.07, 6.45) is 1.20. The first-order valence-electron chi connectivity index (χ1n) is 14.5. The van der Waals surface area contributed by atoms with Gasteiger partial charge in [-0.3, -0.25) is 34.0 Å². The molecule has 1 saturated carbocycles.